The minimum Gasteiger partial charge on any atom is -0.457 e. The minimum atomic E-state index is -0.837. The van der Waals surface area contributed by atoms with Crippen molar-refractivity contribution in [1.29, 1.82) is 0 Å². The van der Waals surface area contributed by atoms with E-state index in [1.54, 1.807) is 24.3 Å². The van der Waals surface area contributed by atoms with Crippen LogP contribution in [0.1, 0.15) is 5.82 Å². The van der Waals surface area contributed by atoms with Crippen LogP contribution in [0.15, 0.2) is 64.2 Å². The second-order valence-electron chi connectivity index (χ2n) is 6.09. The first-order valence-corrected chi connectivity index (χ1v) is 8.97. The van der Waals surface area contributed by atoms with Crippen molar-refractivity contribution < 1.29 is 9.47 Å². The van der Waals surface area contributed by atoms with Crippen molar-refractivity contribution in [2.75, 3.05) is 11.1 Å². The third kappa shape index (κ3) is 5.41. The molecule has 0 amide bonds. The fourth-order valence-corrected chi connectivity index (χ4v) is 2.49. The molecule has 0 saturated carbocycles. The van der Waals surface area contributed by atoms with E-state index in [2.05, 4.69) is 30.2 Å². The lowest BCUT2D eigenvalue weighted by atomic mass is 10.3. The zero-order valence-electron chi connectivity index (χ0n) is 15.9. The molecule has 0 atom stereocenters. The molecule has 4 rings (SSSR count). The van der Waals surface area contributed by atoms with Gasteiger partial charge in [-0.05, 0) is 36.4 Å². The van der Waals surface area contributed by atoms with Gasteiger partial charge in [-0.3, -0.25) is 9.97 Å². The molecule has 0 bridgehead atoms. The predicted octanol–water partition coefficient (Wildman–Crippen LogP) is 1.34. The van der Waals surface area contributed by atoms with Gasteiger partial charge >= 0.3 is 17.4 Å². The van der Waals surface area contributed by atoms with Gasteiger partial charge in [0.25, 0.3) is 0 Å². The highest BCUT2D eigenvalue weighted by atomic mass is 16.5. The van der Waals surface area contributed by atoms with E-state index in [0.29, 0.717) is 11.4 Å². The van der Waals surface area contributed by atoms with Crippen molar-refractivity contribution in [2.24, 2.45) is 0 Å². The van der Waals surface area contributed by atoms with E-state index in [4.69, 9.17) is 15.2 Å². The van der Waals surface area contributed by atoms with Gasteiger partial charge in [-0.15, -0.1) is 4.98 Å². The monoisotopic (exact) mass is 420 g/mol. The number of hydrogen-bond acceptors (Lipinski definition) is 10. The number of rotatable bonds is 7. The van der Waals surface area contributed by atoms with Gasteiger partial charge in [-0.1, -0.05) is 18.2 Å². The van der Waals surface area contributed by atoms with Gasteiger partial charge in [0.1, 0.15) is 11.5 Å². The van der Waals surface area contributed by atoms with Crippen LogP contribution in [0.4, 0.5) is 17.6 Å². The fraction of sp³-hybridized carbons (Fsp3) is 0.0526. The van der Waals surface area contributed by atoms with Gasteiger partial charge in [0.15, 0.2) is 12.4 Å². The largest absolute Gasteiger partial charge is 0.457 e. The second-order valence-corrected chi connectivity index (χ2v) is 6.09. The second kappa shape index (κ2) is 8.73. The highest BCUT2D eigenvalue weighted by Gasteiger charge is 2.08. The summed E-state index contributed by atoms with van der Waals surface area (Å²) in [6.07, 6.45) is 0. The third-order valence-electron chi connectivity index (χ3n) is 3.77. The first-order valence-electron chi connectivity index (χ1n) is 8.97. The predicted molar refractivity (Wildman–Crippen MR) is 110 cm³/mol. The lowest BCUT2D eigenvalue weighted by Gasteiger charge is -2.09. The Morgan fingerprint density at radius 1 is 0.871 bits per heavy atom. The molecule has 12 heteroatoms. The molecule has 0 unspecified atom stereocenters. The van der Waals surface area contributed by atoms with Crippen LogP contribution in [0.2, 0.25) is 0 Å². The first-order chi connectivity index (χ1) is 15.0. The molecule has 31 heavy (non-hydrogen) atoms. The number of ether oxygens (including phenoxy) is 2. The molecule has 0 aliphatic carbocycles. The molecule has 0 fully saturated rings. The van der Waals surface area contributed by atoms with Crippen molar-refractivity contribution in [3.05, 3.63) is 81.4 Å². The lowest BCUT2D eigenvalue weighted by Crippen LogP contribution is -2.25. The number of nitrogens with two attached hydrogens (primary N) is 1. The Balaban J connectivity index is 1.43. The van der Waals surface area contributed by atoms with E-state index >= 15 is 0 Å². The van der Waals surface area contributed by atoms with Crippen LogP contribution in [-0.4, -0.2) is 29.9 Å². The average Bonchev–Trinajstić information content (AvgIpc) is 2.73. The number of nitrogens with one attached hydrogen (secondary N) is 3. The molecule has 12 nitrogen and oxygen atoms in total. The molecule has 156 valence electrons. The molecule has 0 spiro atoms. The van der Waals surface area contributed by atoms with Crippen molar-refractivity contribution >= 4 is 17.6 Å². The van der Waals surface area contributed by atoms with Crippen molar-refractivity contribution in [2.45, 2.75) is 6.61 Å². The summed E-state index contributed by atoms with van der Waals surface area (Å²) in [5.41, 5.74) is 4.85. The van der Waals surface area contributed by atoms with Gasteiger partial charge in [0, 0.05) is 5.69 Å². The van der Waals surface area contributed by atoms with Crippen LogP contribution in [0, 0.1) is 0 Å². The van der Waals surface area contributed by atoms with Gasteiger partial charge in [0.2, 0.25) is 11.9 Å². The Morgan fingerprint density at radius 2 is 1.61 bits per heavy atom. The number of nitrogen functional groups attached to an aromatic ring is 1. The smallest absolute Gasteiger partial charge is 0.353 e. The Kier molecular flexibility index (Phi) is 5.51. The first kappa shape index (κ1) is 19.6. The molecule has 2 aromatic carbocycles. The molecule has 5 N–H and O–H groups in total. The van der Waals surface area contributed by atoms with Crippen molar-refractivity contribution in [3.63, 3.8) is 0 Å². The quantitative estimate of drug-likeness (QED) is 0.341. The molecule has 0 radical (unpaired) electrons. The topological polar surface area (TPSA) is 174 Å². The van der Waals surface area contributed by atoms with Gasteiger partial charge in [0.05, 0.1) is 0 Å². The fourth-order valence-electron chi connectivity index (χ4n) is 2.49. The van der Waals surface area contributed by atoms with Crippen molar-refractivity contribution in [1.82, 2.24) is 29.9 Å². The number of hydrogen-bond donors (Lipinski definition) is 4. The highest BCUT2D eigenvalue weighted by Crippen LogP contribution is 2.23. The summed E-state index contributed by atoms with van der Waals surface area (Å²) in [4.78, 5) is 42.3. The molecule has 0 aliphatic rings. The number of para-hydroxylation sites is 1. The standard InChI is InChI=1S/C19H16N8O4/c20-15-22-14(10-30-19-26-17(28)25-18(29)27-19)23-16(24-15)21-11-6-8-13(9-7-11)31-12-4-2-1-3-5-12/h1-9H,10H2,(H3,20,21,22,23,24)(H2,25,26,27,28,29). The van der Waals surface area contributed by atoms with Crippen molar-refractivity contribution in [3.8, 4) is 17.5 Å². The maximum atomic E-state index is 11.2. The van der Waals surface area contributed by atoms with E-state index in [9.17, 15) is 9.59 Å². The molecule has 0 aliphatic heterocycles. The van der Waals surface area contributed by atoms with E-state index in [1.807, 2.05) is 35.3 Å². The maximum absolute atomic E-state index is 11.2. The Bertz CT molecular complexity index is 1260. The number of benzene rings is 2. The summed E-state index contributed by atoms with van der Waals surface area (Å²) in [6, 6.07) is 16.3. The zero-order chi connectivity index (χ0) is 21.6. The number of aromatic amines is 2. The Morgan fingerprint density at radius 3 is 2.35 bits per heavy atom. The van der Waals surface area contributed by atoms with Crippen LogP contribution in [0.5, 0.6) is 17.5 Å². The summed E-state index contributed by atoms with van der Waals surface area (Å²) < 4.78 is 11.0. The summed E-state index contributed by atoms with van der Waals surface area (Å²) >= 11 is 0. The van der Waals surface area contributed by atoms with Gasteiger partial charge in [-0.2, -0.15) is 15.0 Å². The van der Waals surface area contributed by atoms with Gasteiger partial charge in [-0.25, -0.2) is 9.59 Å². The average molecular weight is 420 g/mol. The summed E-state index contributed by atoms with van der Waals surface area (Å²) in [5, 5.41) is 3.01. The van der Waals surface area contributed by atoms with E-state index in [-0.39, 0.29) is 30.3 Å². The summed E-state index contributed by atoms with van der Waals surface area (Å²) in [5.74, 6) is 1.72. The van der Waals surface area contributed by atoms with Crippen LogP contribution in [0.3, 0.4) is 0 Å². The van der Waals surface area contributed by atoms with Crippen LogP contribution in [-0.2, 0) is 6.61 Å². The Labute approximate surface area is 174 Å². The van der Waals surface area contributed by atoms with Crippen LogP contribution in [0.25, 0.3) is 0 Å². The van der Waals surface area contributed by atoms with E-state index in [0.717, 1.165) is 5.75 Å². The normalized spacial score (nSPS) is 10.5. The number of nitrogens with zero attached hydrogens (tertiary/aromatic N) is 4. The molecule has 4 aromatic rings. The Hall–Kier alpha value is -4.74. The molecule has 0 saturated heterocycles. The van der Waals surface area contributed by atoms with E-state index in [1.165, 1.54) is 0 Å². The lowest BCUT2D eigenvalue weighted by molar-refractivity contribution is 0.268. The number of aromatic nitrogens is 6. The summed E-state index contributed by atoms with van der Waals surface area (Å²) in [7, 11) is 0. The minimum absolute atomic E-state index is 0.0347. The molecule has 2 aromatic heterocycles. The molecular weight excluding hydrogens is 404 g/mol. The zero-order valence-corrected chi connectivity index (χ0v) is 15.9. The van der Waals surface area contributed by atoms with Crippen LogP contribution < -0.4 is 31.9 Å². The van der Waals surface area contributed by atoms with Gasteiger partial charge < -0.3 is 20.5 Å². The number of H-pyrrole nitrogens is 2. The highest BCUT2D eigenvalue weighted by molar-refractivity contribution is 5.55. The maximum Gasteiger partial charge on any atom is 0.353 e. The third-order valence-corrected chi connectivity index (χ3v) is 3.77. The van der Waals surface area contributed by atoms with Crippen LogP contribution >= 0.6 is 0 Å². The molecular formula is C19H16N8O4. The molecule has 2 heterocycles. The summed E-state index contributed by atoms with van der Waals surface area (Å²) in [6.45, 7) is -0.197. The SMILES string of the molecule is Nc1nc(COc2nc(=O)[nH]c(=O)[nH]2)nc(Nc2ccc(Oc3ccccc3)cc2)n1. The number of anilines is 3. The van der Waals surface area contributed by atoms with E-state index < -0.39 is 11.4 Å².